The Morgan fingerprint density at radius 1 is 1.59 bits per heavy atom. The zero-order chi connectivity index (χ0) is 12.3. The van der Waals surface area contributed by atoms with Crippen molar-refractivity contribution in [1.29, 1.82) is 5.26 Å². The maximum Gasteiger partial charge on any atom is 0.144 e. The van der Waals surface area contributed by atoms with Gasteiger partial charge in [0.05, 0.1) is 24.0 Å². The first-order chi connectivity index (χ1) is 8.20. The van der Waals surface area contributed by atoms with Gasteiger partial charge < -0.3 is 11.1 Å². The van der Waals surface area contributed by atoms with Crippen molar-refractivity contribution in [3.05, 3.63) is 39.7 Å². The lowest BCUT2D eigenvalue weighted by Crippen LogP contribution is -2.03. The number of nitrogen functional groups attached to an aromatic ring is 1. The minimum atomic E-state index is 0.471. The number of nitriles is 1. The molecule has 4 nitrogen and oxygen atoms in total. The Labute approximate surface area is 104 Å². The summed E-state index contributed by atoms with van der Waals surface area (Å²) in [6.07, 6.45) is 1.55. The predicted molar refractivity (Wildman–Crippen MR) is 69.7 cm³/mol. The van der Waals surface area contributed by atoms with Gasteiger partial charge in [0.15, 0.2) is 0 Å². The first-order valence-corrected chi connectivity index (χ1v) is 6.01. The van der Waals surface area contributed by atoms with Crippen LogP contribution < -0.4 is 11.1 Å². The van der Waals surface area contributed by atoms with Crippen LogP contribution in [0.4, 0.5) is 11.5 Å². The number of nitrogens with zero attached hydrogens (tertiary/aromatic N) is 2. The van der Waals surface area contributed by atoms with E-state index in [0.717, 1.165) is 0 Å². The van der Waals surface area contributed by atoms with Crippen LogP contribution in [-0.4, -0.2) is 4.98 Å². The summed E-state index contributed by atoms with van der Waals surface area (Å²) in [6.45, 7) is 2.74. The summed E-state index contributed by atoms with van der Waals surface area (Å²) in [6, 6.07) is 5.77. The van der Waals surface area contributed by atoms with Gasteiger partial charge in [-0.3, -0.25) is 0 Å². The fraction of sp³-hybridized carbons (Fsp3) is 0.167. The molecule has 2 heterocycles. The molecule has 0 aromatic carbocycles. The van der Waals surface area contributed by atoms with E-state index in [9.17, 15) is 0 Å². The van der Waals surface area contributed by atoms with E-state index < -0.39 is 0 Å². The fourth-order valence-corrected chi connectivity index (χ4v) is 2.30. The molecule has 0 saturated heterocycles. The highest BCUT2D eigenvalue weighted by molar-refractivity contribution is 7.10. The van der Waals surface area contributed by atoms with Crippen LogP contribution in [0.15, 0.2) is 23.7 Å². The van der Waals surface area contributed by atoms with Crippen molar-refractivity contribution in [2.45, 2.75) is 13.5 Å². The molecule has 86 valence electrons. The molecule has 0 spiro atoms. The first kappa shape index (κ1) is 11.4. The second-order valence-electron chi connectivity index (χ2n) is 3.66. The number of anilines is 2. The summed E-state index contributed by atoms with van der Waals surface area (Å²) in [5.41, 5.74) is 7.80. The van der Waals surface area contributed by atoms with Gasteiger partial charge >= 0.3 is 0 Å². The van der Waals surface area contributed by atoms with Crippen LogP contribution in [0.3, 0.4) is 0 Å². The zero-order valence-corrected chi connectivity index (χ0v) is 10.2. The molecular formula is C12H12N4S. The summed E-state index contributed by atoms with van der Waals surface area (Å²) in [4.78, 5) is 5.37. The van der Waals surface area contributed by atoms with Crippen LogP contribution in [0, 0.1) is 18.3 Å². The van der Waals surface area contributed by atoms with Gasteiger partial charge in [-0.1, -0.05) is 0 Å². The molecule has 0 aliphatic rings. The van der Waals surface area contributed by atoms with Crippen LogP contribution in [0.25, 0.3) is 0 Å². The molecule has 0 saturated carbocycles. The zero-order valence-electron chi connectivity index (χ0n) is 9.40. The second-order valence-corrected chi connectivity index (χ2v) is 4.66. The summed E-state index contributed by atoms with van der Waals surface area (Å²) in [5, 5.41) is 14.2. The lowest BCUT2D eigenvalue weighted by molar-refractivity contribution is 1.12. The Kier molecular flexibility index (Phi) is 3.26. The highest BCUT2D eigenvalue weighted by Crippen LogP contribution is 2.19. The third-order valence-electron chi connectivity index (χ3n) is 2.41. The largest absolute Gasteiger partial charge is 0.397 e. The van der Waals surface area contributed by atoms with E-state index in [-0.39, 0.29) is 0 Å². The van der Waals surface area contributed by atoms with Crippen LogP contribution in [0.2, 0.25) is 0 Å². The molecule has 0 fully saturated rings. The second kappa shape index (κ2) is 4.85. The molecule has 0 aliphatic carbocycles. The minimum Gasteiger partial charge on any atom is -0.397 e. The maximum atomic E-state index is 8.97. The van der Waals surface area contributed by atoms with Crippen LogP contribution in [-0.2, 0) is 6.54 Å². The summed E-state index contributed by atoms with van der Waals surface area (Å²) >= 11 is 1.69. The first-order valence-electron chi connectivity index (χ1n) is 5.13. The molecule has 2 aromatic rings. The van der Waals surface area contributed by atoms with E-state index in [0.29, 0.717) is 23.6 Å². The SMILES string of the molecule is Cc1ccsc1CNc1ncc(N)cc1C#N. The van der Waals surface area contributed by atoms with Gasteiger partial charge in [0.1, 0.15) is 11.9 Å². The molecule has 2 rings (SSSR count). The monoisotopic (exact) mass is 244 g/mol. The lowest BCUT2D eigenvalue weighted by atomic mass is 10.2. The fourth-order valence-electron chi connectivity index (χ4n) is 1.46. The van der Waals surface area contributed by atoms with Crippen molar-refractivity contribution in [1.82, 2.24) is 4.98 Å². The number of hydrogen-bond donors (Lipinski definition) is 2. The topological polar surface area (TPSA) is 74.7 Å². The van der Waals surface area contributed by atoms with Gasteiger partial charge in [0.25, 0.3) is 0 Å². The van der Waals surface area contributed by atoms with Crippen LogP contribution in [0.5, 0.6) is 0 Å². The molecule has 0 radical (unpaired) electrons. The summed E-state index contributed by atoms with van der Waals surface area (Å²) < 4.78 is 0. The molecule has 2 aromatic heterocycles. The van der Waals surface area contributed by atoms with Crippen LogP contribution >= 0.6 is 11.3 Å². The van der Waals surface area contributed by atoms with Crippen molar-refractivity contribution in [2.24, 2.45) is 0 Å². The molecule has 3 N–H and O–H groups in total. The third kappa shape index (κ3) is 2.55. The molecular weight excluding hydrogens is 232 g/mol. The van der Waals surface area contributed by atoms with E-state index in [2.05, 4.69) is 29.4 Å². The molecule has 5 heteroatoms. The molecule has 0 unspecified atom stereocenters. The number of nitrogens with one attached hydrogen (secondary N) is 1. The molecule has 0 bridgehead atoms. The molecule has 17 heavy (non-hydrogen) atoms. The van der Waals surface area contributed by atoms with Gasteiger partial charge in [0, 0.05) is 4.88 Å². The van der Waals surface area contributed by atoms with Crippen molar-refractivity contribution < 1.29 is 0 Å². The standard InChI is InChI=1S/C12H12N4S/c1-8-2-3-17-11(8)7-16-12-9(5-13)4-10(14)6-15-12/h2-4,6H,7,14H2,1H3,(H,15,16). The number of rotatable bonds is 3. The van der Waals surface area contributed by atoms with Gasteiger partial charge in [-0.25, -0.2) is 4.98 Å². The van der Waals surface area contributed by atoms with Crippen LogP contribution in [0.1, 0.15) is 16.0 Å². The highest BCUT2D eigenvalue weighted by atomic mass is 32.1. The maximum absolute atomic E-state index is 8.97. The lowest BCUT2D eigenvalue weighted by Gasteiger charge is -2.07. The van der Waals surface area contributed by atoms with Crippen molar-refractivity contribution in [2.75, 3.05) is 11.1 Å². The normalized spacial score (nSPS) is 9.88. The highest BCUT2D eigenvalue weighted by Gasteiger charge is 2.05. The van der Waals surface area contributed by atoms with E-state index in [1.54, 1.807) is 23.6 Å². The van der Waals surface area contributed by atoms with Crippen molar-refractivity contribution in [3.8, 4) is 6.07 Å². The van der Waals surface area contributed by atoms with E-state index in [1.165, 1.54) is 10.4 Å². The van der Waals surface area contributed by atoms with Gasteiger partial charge in [-0.2, -0.15) is 5.26 Å². The van der Waals surface area contributed by atoms with E-state index in [1.807, 2.05) is 5.38 Å². The number of aryl methyl sites for hydroxylation is 1. The van der Waals surface area contributed by atoms with E-state index in [4.69, 9.17) is 11.0 Å². The Morgan fingerprint density at radius 3 is 3.06 bits per heavy atom. The summed E-state index contributed by atoms with van der Waals surface area (Å²) in [7, 11) is 0. The molecule has 0 atom stereocenters. The number of hydrogen-bond acceptors (Lipinski definition) is 5. The third-order valence-corrected chi connectivity index (χ3v) is 3.44. The average Bonchev–Trinajstić information content (AvgIpc) is 2.73. The molecule has 0 aliphatic heterocycles. The van der Waals surface area contributed by atoms with Gasteiger partial charge in [0.2, 0.25) is 0 Å². The van der Waals surface area contributed by atoms with Crippen molar-refractivity contribution in [3.63, 3.8) is 0 Å². The Bertz CT molecular complexity index is 568. The number of thiophene rings is 1. The van der Waals surface area contributed by atoms with Gasteiger partial charge in [-0.15, -0.1) is 11.3 Å². The Hall–Kier alpha value is -2.06. The number of pyridine rings is 1. The minimum absolute atomic E-state index is 0.471. The average molecular weight is 244 g/mol. The smallest absolute Gasteiger partial charge is 0.144 e. The Morgan fingerprint density at radius 2 is 2.41 bits per heavy atom. The molecule has 0 amide bonds. The predicted octanol–water partition coefficient (Wildman–Crippen LogP) is 2.52. The Balaban J connectivity index is 2.15. The number of aromatic nitrogens is 1. The van der Waals surface area contributed by atoms with E-state index >= 15 is 0 Å². The van der Waals surface area contributed by atoms with Gasteiger partial charge in [-0.05, 0) is 30.0 Å². The number of nitrogens with two attached hydrogens (primary N) is 1. The quantitative estimate of drug-likeness (QED) is 0.870. The summed E-state index contributed by atoms with van der Waals surface area (Å²) in [5.74, 6) is 0.578. The van der Waals surface area contributed by atoms with Crippen molar-refractivity contribution >= 4 is 22.8 Å².